The van der Waals surface area contributed by atoms with Crippen molar-refractivity contribution in [1.82, 2.24) is 9.80 Å². The predicted octanol–water partition coefficient (Wildman–Crippen LogP) is 1.63. The molecule has 0 aromatic heterocycles. The lowest BCUT2D eigenvalue weighted by atomic mass is 9.88. The van der Waals surface area contributed by atoms with Gasteiger partial charge >= 0.3 is 0 Å². The summed E-state index contributed by atoms with van der Waals surface area (Å²) in [6.07, 6.45) is 9.44. The topological polar surface area (TPSA) is 32.5 Å². The number of piperazine rings is 1. The van der Waals surface area contributed by atoms with Crippen LogP contribution in [-0.2, 0) is 0 Å². The van der Waals surface area contributed by atoms with E-state index in [1.807, 2.05) is 0 Å². The summed E-state index contributed by atoms with van der Waals surface area (Å²) in [7, 11) is 0. The quantitative estimate of drug-likeness (QED) is 0.810. The molecule has 1 saturated heterocycles. The molecular formula is C14H27N3. The zero-order valence-electron chi connectivity index (χ0n) is 11.0. The van der Waals surface area contributed by atoms with E-state index < -0.39 is 0 Å². The van der Waals surface area contributed by atoms with E-state index in [2.05, 4.69) is 9.80 Å². The monoisotopic (exact) mass is 237 g/mol. The number of hydrogen-bond acceptors (Lipinski definition) is 3. The summed E-state index contributed by atoms with van der Waals surface area (Å²) in [5, 5.41) is 0. The lowest BCUT2D eigenvalue weighted by Crippen LogP contribution is -2.62. The van der Waals surface area contributed by atoms with E-state index in [4.69, 9.17) is 5.73 Å². The van der Waals surface area contributed by atoms with E-state index in [-0.39, 0.29) is 5.66 Å². The highest BCUT2D eigenvalue weighted by molar-refractivity contribution is 4.91. The van der Waals surface area contributed by atoms with Gasteiger partial charge in [0, 0.05) is 32.7 Å². The number of nitrogens with two attached hydrogens (primary N) is 1. The van der Waals surface area contributed by atoms with Gasteiger partial charge in [-0.1, -0.05) is 19.3 Å². The van der Waals surface area contributed by atoms with Crippen molar-refractivity contribution in [2.45, 2.75) is 50.6 Å². The van der Waals surface area contributed by atoms with Crippen molar-refractivity contribution in [1.29, 1.82) is 0 Å². The van der Waals surface area contributed by atoms with Crippen LogP contribution in [0.25, 0.3) is 0 Å². The fourth-order valence-electron chi connectivity index (χ4n) is 3.52. The first kappa shape index (κ1) is 11.9. The molecular weight excluding hydrogens is 210 g/mol. The van der Waals surface area contributed by atoms with Gasteiger partial charge in [-0.2, -0.15) is 0 Å². The van der Waals surface area contributed by atoms with Crippen molar-refractivity contribution < 1.29 is 0 Å². The Bertz CT molecular complexity index is 248. The summed E-state index contributed by atoms with van der Waals surface area (Å²) in [5.74, 6) is 1.03. The molecule has 1 heterocycles. The first-order chi connectivity index (χ1) is 8.26. The van der Waals surface area contributed by atoms with Crippen LogP contribution in [0.2, 0.25) is 0 Å². The molecule has 3 nitrogen and oxygen atoms in total. The molecule has 0 amide bonds. The zero-order chi connectivity index (χ0) is 11.7. The van der Waals surface area contributed by atoms with E-state index in [0.29, 0.717) is 0 Å². The minimum atomic E-state index is 0.0456. The summed E-state index contributed by atoms with van der Waals surface area (Å²) in [6, 6.07) is 0. The van der Waals surface area contributed by atoms with E-state index >= 15 is 0 Å². The van der Waals surface area contributed by atoms with Gasteiger partial charge in [0.25, 0.3) is 0 Å². The second-order valence-corrected chi connectivity index (χ2v) is 6.40. The molecule has 1 aliphatic heterocycles. The molecule has 98 valence electrons. The first-order valence-electron chi connectivity index (χ1n) is 7.53. The molecule has 3 heteroatoms. The third-order valence-corrected chi connectivity index (χ3v) is 4.93. The Morgan fingerprint density at radius 1 is 0.941 bits per heavy atom. The maximum atomic E-state index is 6.60. The van der Waals surface area contributed by atoms with Crippen LogP contribution in [0.15, 0.2) is 0 Å². The SMILES string of the molecule is NC1(N2CCN(CC3CC3)CC2)CCCCC1. The van der Waals surface area contributed by atoms with Crippen LogP contribution in [0, 0.1) is 5.92 Å². The highest BCUT2D eigenvalue weighted by Crippen LogP contribution is 2.32. The molecule has 2 aliphatic carbocycles. The van der Waals surface area contributed by atoms with E-state index in [1.54, 1.807) is 0 Å². The first-order valence-corrected chi connectivity index (χ1v) is 7.53. The Morgan fingerprint density at radius 2 is 1.59 bits per heavy atom. The lowest BCUT2D eigenvalue weighted by Gasteiger charge is -2.47. The zero-order valence-corrected chi connectivity index (χ0v) is 11.0. The second kappa shape index (κ2) is 4.87. The minimum absolute atomic E-state index is 0.0456. The summed E-state index contributed by atoms with van der Waals surface area (Å²) < 4.78 is 0. The molecule has 3 fully saturated rings. The van der Waals surface area contributed by atoms with Crippen molar-refractivity contribution >= 4 is 0 Å². The lowest BCUT2D eigenvalue weighted by molar-refractivity contribution is 0.0103. The fraction of sp³-hybridized carbons (Fsp3) is 1.00. The van der Waals surface area contributed by atoms with Crippen LogP contribution in [-0.4, -0.2) is 48.2 Å². The van der Waals surface area contributed by atoms with Gasteiger partial charge in [-0.05, 0) is 31.6 Å². The van der Waals surface area contributed by atoms with E-state index in [9.17, 15) is 0 Å². The standard InChI is InChI=1S/C14H27N3/c15-14(6-2-1-3-7-14)17-10-8-16(9-11-17)12-13-4-5-13/h13H,1-12,15H2. The van der Waals surface area contributed by atoms with Crippen molar-refractivity contribution in [2.24, 2.45) is 11.7 Å². The van der Waals surface area contributed by atoms with Crippen LogP contribution in [0.4, 0.5) is 0 Å². The maximum absolute atomic E-state index is 6.60. The Morgan fingerprint density at radius 3 is 2.18 bits per heavy atom. The van der Waals surface area contributed by atoms with Crippen LogP contribution in [0.5, 0.6) is 0 Å². The average molecular weight is 237 g/mol. The van der Waals surface area contributed by atoms with Crippen molar-refractivity contribution in [2.75, 3.05) is 32.7 Å². The number of nitrogens with zero attached hydrogens (tertiary/aromatic N) is 2. The van der Waals surface area contributed by atoms with Gasteiger partial charge in [-0.15, -0.1) is 0 Å². The Hall–Kier alpha value is -0.120. The van der Waals surface area contributed by atoms with Crippen LogP contribution in [0.3, 0.4) is 0 Å². The molecule has 0 bridgehead atoms. The molecule has 17 heavy (non-hydrogen) atoms. The summed E-state index contributed by atoms with van der Waals surface area (Å²) in [5.41, 5.74) is 6.65. The normalized spacial score (nSPS) is 31.6. The molecule has 3 rings (SSSR count). The average Bonchev–Trinajstić information content (AvgIpc) is 3.15. The minimum Gasteiger partial charge on any atom is -0.313 e. The summed E-state index contributed by atoms with van der Waals surface area (Å²) in [4.78, 5) is 5.23. The molecule has 0 radical (unpaired) electrons. The molecule has 2 saturated carbocycles. The van der Waals surface area contributed by atoms with E-state index in [0.717, 1.165) is 5.92 Å². The van der Waals surface area contributed by atoms with Crippen molar-refractivity contribution in [3.05, 3.63) is 0 Å². The van der Waals surface area contributed by atoms with Gasteiger partial charge in [0.2, 0.25) is 0 Å². The molecule has 3 aliphatic rings. The molecule has 0 atom stereocenters. The molecule has 0 unspecified atom stereocenters. The Kier molecular flexibility index (Phi) is 3.42. The van der Waals surface area contributed by atoms with Crippen molar-refractivity contribution in [3.8, 4) is 0 Å². The smallest absolute Gasteiger partial charge is 0.0688 e. The summed E-state index contributed by atoms with van der Waals surface area (Å²) in [6.45, 7) is 6.24. The van der Waals surface area contributed by atoms with Gasteiger partial charge in [-0.25, -0.2) is 0 Å². The number of rotatable bonds is 3. The Balaban J connectivity index is 1.49. The van der Waals surface area contributed by atoms with Crippen LogP contribution >= 0.6 is 0 Å². The van der Waals surface area contributed by atoms with Gasteiger partial charge < -0.3 is 10.6 Å². The third kappa shape index (κ3) is 2.83. The second-order valence-electron chi connectivity index (χ2n) is 6.40. The largest absolute Gasteiger partial charge is 0.313 e. The molecule has 0 spiro atoms. The highest BCUT2D eigenvalue weighted by Gasteiger charge is 2.36. The molecule has 0 aromatic carbocycles. The molecule has 0 aromatic rings. The van der Waals surface area contributed by atoms with E-state index in [1.165, 1.54) is 77.7 Å². The van der Waals surface area contributed by atoms with Gasteiger partial charge in [0.05, 0.1) is 5.66 Å². The maximum Gasteiger partial charge on any atom is 0.0688 e. The predicted molar refractivity (Wildman–Crippen MR) is 70.7 cm³/mol. The third-order valence-electron chi connectivity index (χ3n) is 4.93. The van der Waals surface area contributed by atoms with Gasteiger partial charge in [0.15, 0.2) is 0 Å². The number of hydrogen-bond donors (Lipinski definition) is 1. The Labute approximate surface area is 105 Å². The van der Waals surface area contributed by atoms with Gasteiger partial charge in [0.1, 0.15) is 0 Å². The van der Waals surface area contributed by atoms with Crippen molar-refractivity contribution in [3.63, 3.8) is 0 Å². The van der Waals surface area contributed by atoms with Crippen LogP contribution in [0.1, 0.15) is 44.9 Å². The van der Waals surface area contributed by atoms with Crippen LogP contribution < -0.4 is 5.73 Å². The summed E-state index contributed by atoms with van der Waals surface area (Å²) >= 11 is 0. The van der Waals surface area contributed by atoms with Gasteiger partial charge in [-0.3, -0.25) is 4.90 Å². The fourth-order valence-corrected chi connectivity index (χ4v) is 3.52. The highest BCUT2D eigenvalue weighted by atomic mass is 15.3. The molecule has 2 N–H and O–H groups in total.